The van der Waals surface area contributed by atoms with Crippen LogP contribution in [0.15, 0.2) is 77.9 Å². The number of nitro benzene ring substituents is 1. The number of carbonyl (C=O) groups is 1. The van der Waals surface area contributed by atoms with Crippen LogP contribution in [0.2, 0.25) is 5.02 Å². The summed E-state index contributed by atoms with van der Waals surface area (Å²) in [6.45, 7) is 0.413. The molecule has 0 aromatic heterocycles. The Hall–Kier alpha value is -3.71. The Morgan fingerprint density at radius 2 is 1.76 bits per heavy atom. The molecule has 0 saturated heterocycles. The normalized spacial score (nSPS) is 10.7. The van der Waals surface area contributed by atoms with Crippen molar-refractivity contribution in [3.05, 3.63) is 105 Å². The Kier molecular flexibility index (Phi) is 6.55. The van der Waals surface area contributed by atoms with Crippen LogP contribution >= 0.6 is 11.6 Å². The summed E-state index contributed by atoms with van der Waals surface area (Å²) < 4.78 is 5.70. The number of hydrazone groups is 1. The Morgan fingerprint density at radius 3 is 2.45 bits per heavy atom. The van der Waals surface area contributed by atoms with E-state index in [4.69, 9.17) is 16.3 Å². The maximum absolute atomic E-state index is 12.1. The van der Waals surface area contributed by atoms with Gasteiger partial charge in [-0.1, -0.05) is 35.9 Å². The molecule has 1 N–H and O–H groups in total. The van der Waals surface area contributed by atoms with E-state index in [9.17, 15) is 14.9 Å². The smallest absolute Gasteiger partial charge is 0.282 e. The molecule has 8 heteroatoms. The minimum Gasteiger partial charge on any atom is -0.489 e. The van der Waals surface area contributed by atoms with Crippen LogP contribution in [0.5, 0.6) is 5.75 Å². The largest absolute Gasteiger partial charge is 0.489 e. The number of hydrogen-bond donors (Lipinski definition) is 1. The average Bonchev–Trinajstić information content (AvgIpc) is 2.74. The van der Waals surface area contributed by atoms with E-state index in [2.05, 4.69) is 10.5 Å². The van der Waals surface area contributed by atoms with Crippen LogP contribution in [-0.4, -0.2) is 17.0 Å². The molecule has 1 amide bonds. The molecule has 29 heavy (non-hydrogen) atoms. The van der Waals surface area contributed by atoms with Crippen molar-refractivity contribution >= 4 is 29.4 Å². The molecule has 0 aliphatic heterocycles. The van der Waals surface area contributed by atoms with Crippen molar-refractivity contribution in [2.75, 3.05) is 0 Å². The van der Waals surface area contributed by atoms with Gasteiger partial charge in [0.05, 0.1) is 11.1 Å². The lowest BCUT2D eigenvalue weighted by Gasteiger charge is -2.06. The fourth-order valence-corrected chi connectivity index (χ4v) is 2.57. The molecule has 0 unspecified atom stereocenters. The van der Waals surface area contributed by atoms with E-state index in [0.29, 0.717) is 17.4 Å². The second-order valence-corrected chi connectivity index (χ2v) is 6.39. The molecular formula is C21H16ClN3O4. The number of nitrogens with zero attached hydrogens (tertiary/aromatic N) is 2. The molecule has 7 nitrogen and oxygen atoms in total. The van der Waals surface area contributed by atoms with Crippen molar-refractivity contribution < 1.29 is 14.5 Å². The lowest BCUT2D eigenvalue weighted by Crippen LogP contribution is -2.18. The average molecular weight is 410 g/mol. The van der Waals surface area contributed by atoms with E-state index >= 15 is 0 Å². The summed E-state index contributed by atoms with van der Waals surface area (Å²) in [5.41, 5.74) is 3.69. The van der Waals surface area contributed by atoms with Gasteiger partial charge >= 0.3 is 0 Å². The number of ether oxygens (including phenoxy) is 1. The highest BCUT2D eigenvalue weighted by atomic mass is 35.5. The SMILES string of the molecule is O=C(N/N=C\c1ccc(OCc2ccc(Cl)cc2)cc1)c1ccccc1[N+](=O)[O-]. The molecule has 146 valence electrons. The number of nitrogens with one attached hydrogen (secondary N) is 1. The molecule has 3 rings (SSSR count). The first-order chi connectivity index (χ1) is 14.0. The first-order valence-corrected chi connectivity index (χ1v) is 8.95. The number of hydrogen-bond acceptors (Lipinski definition) is 5. The van der Waals surface area contributed by atoms with Crippen LogP contribution in [0.3, 0.4) is 0 Å². The zero-order chi connectivity index (χ0) is 20.6. The van der Waals surface area contributed by atoms with Crippen molar-refractivity contribution in [3.63, 3.8) is 0 Å². The molecule has 0 saturated carbocycles. The Morgan fingerprint density at radius 1 is 1.07 bits per heavy atom. The molecule has 0 aliphatic rings. The summed E-state index contributed by atoms with van der Waals surface area (Å²) in [7, 11) is 0. The number of halogens is 1. The lowest BCUT2D eigenvalue weighted by molar-refractivity contribution is -0.385. The first kappa shape index (κ1) is 20.0. The van der Waals surface area contributed by atoms with Gasteiger partial charge in [0.1, 0.15) is 17.9 Å². The molecule has 0 bridgehead atoms. The fourth-order valence-electron chi connectivity index (χ4n) is 2.45. The van der Waals surface area contributed by atoms with E-state index in [-0.39, 0.29) is 11.3 Å². The third-order valence-electron chi connectivity index (χ3n) is 3.92. The summed E-state index contributed by atoms with van der Waals surface area (Å²) in [4.78, 5) is 22.5. The Labute approximate surface area is 171 Å². The van der Waals surface area contributed by atoms with Crippen molar-refractivity contribution in [2.45, 2.75) is 6.61 Å². The van der Waals surface area contributed by atoms with Gasteiger partial charge in [-0.15, -0.1) is 0 Å². The summed E-state index contributed by atoms with van der Waals surface area (Å²) in [6.07, 6.45) is 1.44. The van der Waals surface area contributed by atoms with Gasteiger partial charge in [-0.3, -0.25) is 14.9 Å². The van der Waals surface area contributed by atoms with Crippen LogP contribution in [0.1, 0.15) is 21.5 Å². The molecular weight excluding hydrogens is 394 g/mol. The third kappa shape index (κ3) is 5.63. The monoisotopic (exact) mass is 409 g/mol. The van der Waals surface area contributed by atoms with Crippen molar-refractivity contribution in [2.24, 2.45) is 5.10 Å². The predicted octanol–water partition coefficient (Wildman–Crippen LogP) is 4.59. The summed E-state index contributed by atoms with van der Waals surface area (Å²) in [5.74, 6) is 0.0255. The summed E-state index contributed by atoms with van der Waals surface area (Å²) in [6, 6.07) is 20.2. The van der Waals surface area contributed by atoms with Gasteiger partial charge in [0, 0.05) is 11.1 Å². The third-order valence-corrected chi connectivity index (χ3v) is 4.18. The minimum atomic E-state index is -0.656. The van der Waals surface area contributed by atoms with E-state index in [1.165, 1.54) is 24.4 Å². The molecule has 0 atom stereocenters. The van der Waals surface area contributed by atoms with Crippen molar-refractivity contribution in [1.29, 1.82) is 0 Å². The number of nitro groups is 1. The van der Waals surface area contributed by atoms with E-state index < -0.39 is 10.8 Å². The van der Waals surface area contributed by atoms with Crippen LogP contribution in [0.25, 0.3) is 0 Å². The van der Waals surface area contributed by atoms with E-state index in [1.54, 1.807) is 42.5 Å². The van der Waals surface area contributed by atoms with Gasteiger partial charge in [-0.05, 0) is 53.6 Å². The molecule has 0 spiro atoms. The molecule has 0 heterocycles. The molecule has 0 radical (unpaired) electrons. The number of benzene rings is 3. The van der Waals surface area contributed by atoms with Crippen LogP contribution in [0.4, 0.5) is 5.69 Å². The van der Waals surface area contributed by atoms with Crippen molar-refractivity contribution in [3.8, 4) is 5.75 Å². The van der Waals surface area contributed by atoms with Crippen LogP contribution in [-0.2, 0) is 6.61 Å². The highest BCUT2D eigenvalue weighted by Crippen LogP contribution is 2.17. The first-order valence-electron chi connectivity index (χ1n) is 8.57. The summed E-state index contributed by atoms with van der Waals surface area (Å²) >= 11 is 5.85. The van der Waals surface area contributed by atoms with Crippen molar-refractivity contribution in [1.82, 2.24) is 5.43 Å². The van der Waals surface area contributed by atoms with E-state index in [1.807, 2.05) is 12.1 Å². The standard InChI is InChI=1S/C21H16ClN3O4/c22-17-9-5-16(6-10-17)14-29-18-11-7-15(8-12-18)13-23-24-21(26)19-3-1-2-4-20(19)25(27)28/h1-13H,14H2,(H,24,26)/b23-13-. The quantitative estimate of drug-likeness (QED) is 0.351. The highest BCUT2D eigenvalue weighted by molar-refractivity contribution is 6.30. The molecule has 0 aliphatic carbocycles. The minimum absolute atomic E-state index is 0.0550. The lowest BCUT2D eigenvalue weighted by atomic mass is 10.2. The van der Waals surface area contributed by atoms with E-state index in [0.717, 1.165) is 11.1 Å². The zero-order valence-electron chi connectivity index (χ0n) is 15.1. The van der Waals surface area contributed by atoms with Crippen LogP contribution in [0, 0.1) is 10.1 Å². The van der Waals surface area contributed by atoms with Gasteiger partial charge in [0.25, 0.3) is 11.6 Å². The molecule has 0 fully saturated rings. The fraction of sp³-hybridized carbons (Fsp3) is 0.0476. The van der Waals surface area contributed by atoms with Gasteiger partial charge in [-0.25, -0.2) is 5.43 Å². The zero-order valence-corrected chi connectivity index (χ0v) is 15.9. The number of rotatable bonds is 7. The van der Waals surface area contributed by atoms with Gasteiger partial charge in [-0.2, -0.15) is 5.10 Å². The number of carbonyl (C=O) groups excluding carboxylic acids is 1. The topological polar surface area (TPSA) is 93.8 Å². The second kappa shape index (κ2) is 9.48. The van der Waals surface area contributed by atoms with Gasteiger partial charge in [0.2, 0.25) is 0 Å². The second-order valence-electron chi connectivity index (χ2n) is 5.96. The number of amides is 1. The highest BCUT2D eigenvalue weighted by Gasteiger charge is 2.18. The maximum Gasteiger partial charge on any atom is 0.282 e. The summed E-state index contributed by atoms with van der Waals surface area (Å²) in [5, 5.41) is 15.5. The van der Waals surface area contributed by atoms with Gasteiger partial charge in [0.15, 0.2) is 0 Å². The van der Waals surface area contributed by atoms with Gasteiger partial charge < -0.3 is 4.74 Å². The molecule has 3 aromatic carbocycles. The molecule has 3 aromatic rings. The number of para-hydroxylation sites is 1. The van der Waals surface area contributed by atoms with Crippen LogP contribution < -0.4 is 10.2 Å². The Bertz CT molecular complexity index is 1030. The maximum atomic E-state index is 12.1. The Balaban J connectivity index is 1.55. The predicted molar refractivity (Wildman–Crippen MR) is 110 cm³/mol.